The number of nitro groups is 1. The molecular formula is C24H24N2O6. The second-order valence-corrected chi connectivity index (χ2v) is 8.20. The third-order valence-corrected chi connectivity index (χ3v) is 5.51. The normalized spacial score (nSPS) is 15.6. The third-order valence-electron chi connectivity index (χ3n) is 5.51. The van der Waals surface area contributed by atoms with Crippen molar-refractivity contribution in [1.29, 1.82) is 0 Å². The molecule has 2 heterocycles. The predicted molar refractivity (Wildman–Crippen MR) is 119 cm³/mol. The summed E-state index contributed by atoms with van der Waals surface area (Å²) in [4.78, 5) is 39.2. The van der Waals surface area contributed by atoms with Gasteiger partial charge in [-0.25, -0.2) is 0 Å². The maximum atomic E-state index is 13.5. The number of ether oxygens (including phenoxy) is 1. The number of aryl methyl sites for hydroxylation is 1. The van der Waals surface area contributed by atoms with Crippen LogP contribution in [0.5, 0.6) is 0 Å². The highest BCUT2D eigenvalue weighted by atomic mass is 16.6. The molecule has 0 fully saturated rings. The number of nitro benzene ring substituents is 1. The molecular weight excluding hydrogens is 412 g/mol. The van der Waals surface area contributed by atoms with Crippen molar-refractivity contribution in [3.05, 3.63) is 85.3 Å². The van der Waals surface area contributed by atoms with Crippen LogP contribution < -0.4 is 5.43 Å². The number of hydrogen-bond donors (Lipinski definition) is 0. The first-order valence-corrected chi connectivity index (χ1v) is 10.5. The molecule has 1 aliphatic heterocycles. The average Bonchev–Trinajstić information content (AvgIpc) is 3.04. The first-order valence-electron chi connectivity index (χ1n) is 10.5. The van der Waals surface area contributed by atoms with Crippen LogP contribution in [-0.4, -0.2) is 35.0 Å². The van der Waals surface area contributed by atoms with E-state index in [4.69, 9.17) is 9.15 Å². The lowest BCUT2D eigenvalue weighted by Gasteiger charge is -2.25. The van der Waals surface area contributed by atoms with Crippen molar-refractivity contribution in [2.45, 2.75) is 39.3 Å². The monoisotopic (exact) mass is 436 g/mol. The molecule has 3 aromatic rings. The molecule has 1 atom stereocenters. The first kappa shape index (κ1) is 21.7. The quantitative estimate of drug-likeness (QED) is 0.310. The Balaban J connectivity index is 1.85. The van der Waals surface area contributed by atoms with E-state index in [1.54, 1.807) is 29.2 Å². The van der Waals surface area contributed by atoms with Gasteiger partial charge in [0.15, 0.2) is 5.43 Å². The van der Waals surface area contributed by atoms with Gasteiger partial charge in [-0.15, -0.1) is 0 Å². The van der Waals surface area contributed by atoms with Crippen molar-refractivity contribution < 1.29 is 18.9 Å². The lowest BCUT2D eigenvalue weighted by atomic mass is 9.97. The maximum absolute atomic E-state index is 13.5. The number of hydrogen-bond acceptors (Lipinski definition) is 6. The molecule has 0 N–H and O–H groups in total. The molecule has 2 aromatic carbocycles. The van der Waals surface area contributed by atoms with E-state index in [1.807, 2.05) is 26.8 Å². The molecule has 8 heteroatoms. The highest BCUT2D eigenvalue weighted by molar-refractivity contribution is 5.99. The average molecular weight is 436 g/mol. The molecule has 1 aromatic heterocycles. The summed E-state index contributed by atoms with van der Waals surface area (Å²) >= 11 is 0. The molecule has 0 saturated heterocycles. The van der Waals surface area contributed by atoms with Crippen molar-refractivity contribution in [2.75, 3.05) is 13.2 Å². The van der Waals surface area contributed by atoms with E-state index in [0.29, 0.717) is 36.1 Å². The summed E-state index contributed by atoms with van der Waals surface area (Å²) in [5.74, 6) is -0.409. The SMILES string of the molecule is Cc1ccc2oc3c(c(=O)c2c1)[C@H](c1cccc([N+](=O)[O-])c1)N(CCCOC(C)C)C3=O. The fourth-order valence-corrected chi connectivity index (χ4v) is 4.07. The van der Waals surface area contributed by atoms with Crippen molar-refractivity contribution in [2.24, 2.45) is 0 Å². The summed E-state index contributed by atoms with van der Waals surface area (Å²) < 4.78 is 11.5. The fraction of sp³-hybridized carbons (Fsp3) is 0.333. The van der Waals surface area contributed by atoms with Crippen LogP contribution >= 0.6 is 0 Å². The van der Waals surface area contributed by atoms with Crippen LogP contribution in [0.2, 0.25) is 0 Å². The minimum atomic E-state index is -0.766. The Morgan fingerprint density at radius 2 is 1.97 bits per heavy atom. The van der Waals surface area contributed by atoms with Crippen LogP contribution in [0.3, 0.4) is 0 Å². The molecule has 0 saturated carbocycles. The fourth-order valence-electron chi connectivity index (χ4n) is 4.07. The van der Waals surface area contributed by atoms with Crippen LogP contribution in [-0.2, 0) is 4.74 Å². The lowest BCUT2D eigenvalue weighted by molar-refractivity contribution is -0.384. The summed E-state index contributed by atoms with van der Waals surface area (Å²) in [5, 5.41) is 11.7. The molecule has 166 valence electrons. The Morgan fingerprint density at radius 1 is 1.19 bits per heavy atom. The van der Waals surface area contributed by atoms with Gasteiger partial charge in [0.25, 0.3) is 11.6 Å². The van der Waals surface area contributed by atoms with Crippen LogP contribution in [0, 0.1) is 17.0 Å². The molecule has 4 rings (SSSR count). The number of carbonyl (C=O) groups excluding carboxylic acids is 1. The van der Waals surface area contributed by atoms with Crippen molar-refractivity contribution in [3.8, 4) is 0 Å². The Kier molecular flexibility index (Phi) is 5.80. The minimum absolute atomic E-state index is 0.00682. The number of non-ortho nitro benzene ring substituents is 1. The predicted octanol–water partition coefficient (Wildman–Crippen LogP) is 4.37. The molecule has 0 aliphatic carbocycles. The molecule has 0 unspecified atom stereocenters. The highest BCUT2D eigenvalue weighted by Crippen LogP contribution is 2.39. The summed E-state index contributed by atoms with van der Waals surface area (Å²) in [6.07, 6.45) is 0.613. The van der Waals surface area contributed by atoms with Gasteiger partial charge in [0.05, 0.1) is 28.0 Å². The van der Waals surface area contributed by atoms with E-state index in [-0.39, 0.29) is 28.5 Å². The molecule has 0 radical (unpaired) electrons. The molecule has 0 spiro atoms. The second kappa shape index (κ2) is 8.55. The number of carbonyl (C=O) groups is 1. The van der Waals surface area contributed by atoms with Gasteiger partial charge in [0, 0.05) is 25.3 Å². The highest BCUT2D eigenvalue weighted by Gasteiger charge is 2.42. The number of amides is 1. The van der Waals surface area contributed by atoms with E-state index < -0.39 is 16.9 Å². The number of fused-ring (bicyclic) bond motifs is 2. The zero-order valence-electron chi connectivity index (χ0n) is 18.2. The minimum Gasteiger partial charge on any atom is -0.450 e. The number of nitrogens with zero attached hydrogens (tertiary/aromatic N) is 2. The van der Waals surface area contributed by atoms with Crippen molar-refractivity contribution >= 4 is 22.6 Å². The largest absolute Gasteiger partial charge is 0.450 e. The van der Waals surface area contributed by atoms with E-state index in [2.05, 4.69) is 0 Å². The van der Waals surface area contributed by atoms with Gasteiger partial charge >= 0.3 is 0 Å². The van der Waals surface area contributed by atoms with E-state index >= 15 is 0 Å². The van der Waals surface area contributed by atoms with E-state index in [9.17, 15) is 19.7 Å². The number of rotatable bonds is 7. The first-order chi connectivity index (χ1) is 15.3. The van der Waals surface area contributed by atoms with Gasteiger partial charge in [0.1, 0.15) is 5.58 Å². The van der Waals surface area contributed by atoms with Gasteiger partial charge in [-0.2, -0.15) is 0 Å². The zero-order chi connectivity index (χ0) is 23.0. The van der Waals surface area contributed by atoms with Crippen LogP contribution in [0.4, 0.5) is 5.69 Å². The van der Waals surface area contributed by atoms with Crippen molar-refractivity contribution in [3.63, 3.8) is 0 Å². The molecule has 32 heavy (non-hydrogen) atoms. The summed E-state index contributed by atoms with van der Waals surface area (Å²) in [7, 11) is 0. The van der Waals surface area contributed by atoms with Crippen LogP contribution in [0.15, 0.2) is 51.7 Å². The number of benzene rings is 2. The Bertz CT molecular complexity index is 1260. The zero-order valence-corrected chi connectivity index (χ0v) is 18.2. The summed E-state index contributed by atoms with van der Waals surface area (Å²) in [6, 6.07) is 10.5. The van der Waals surface area contributed by atoms with Gasteiger partial charge in [-0.05, 0) is 44.9 Å². The van der Waals surface area contributed by atoms with Crippen LogP contribution in [0.1, 0.15) is 53.6 Å². The Labute approximate surface area is 184 Å². The molecule has 8 nitrogen and oxygen atoms in total. The maximum Gasteiger partial charge on any atom is 0.290 e. The Morgan fingerprint density at radius 3 is 2.69 bits per heavy atom. The van der Waals surface area contributed by atoms with E-state index in [0.717, 1.165) is 5.56 Å². The van der Waals surface area contributed by atoms with Gasteiger partial charge in [0.2, 0.25) is 5.76 Å². The third kappa shape index (κ3) is 3.89. The lowest BCUT2D eigenvalue weighted by Crippen LogP contribution is -2.31. The Hall–Kier alpha value is -3.52. The molecule has 1 amide bonds. The van der Waals surface area contributed by atoms with Gasteiger partial charge < -0.3 is 14.1 Å². The standard InChI is InChI=1S/C24H24N2O6/c1-14(2)31-11-5-10-25-21(16-6-4-7-17(13-16)26(29)30)20-22(27)18-12-15(3)8-9-19(18)32-23(20)24(25)28/h4,6-9,12-14,21H,5,10-11H2,1-3H3/t21-/m0/s1. The van der Waals surface area contributed by atoms with Crippen molar-refractivity contribution in [1.82, 2.24) is 4.90 Å². The second-order valence-electron chi connectivity index (χ2n) is 8.20. The molecule has 0 bridgehead atoms. The summed E-state index contributed by atoms with van der Waals surface area (Å²) in [6.45, 7) is 6.49. The molecule has 1 aliphatic rings. The van der Waals surface area contributed by atoms with E-state index in [1.165, 1.54) is 12.1 Å². The summed E-state index contributed by atoms with van der Waals surface area (Å²) in [5.41, 5.74) is 1.55. The smallest absolute Gasteiger partial charge is 0.290 e. The van der Waals surface area contributed by atoms with Crippen LogP contribution in [0.25, 0.3) is 11.0 Å². The van der Waals surface area contributed by atoms with Gasteiger partial charge in [-0.1, -0.05) is 23.8 Å². The topological polar surface area (TPSA) is 103 Å². The van der Waals surface area contributed by atoms with Gasteiger partial charge in [-0.3, -0.25) is 19.7 Å².